The van der Waals surface area contributed by atoms with Crippen molar-refractivity contribution in [1.82, 2.24) is 19.5 Å². The normalized spacial score (nSPS) is 26.5. The summed E-state index contributed by atoms with van der Waals surface area (Å²) in [7, 11) is -16.4. The third kappa shape index (κ3) is 5.68. The molecule has 3 heterocycles. The summed E-state index contributed by atoms with van der Waals surface area (Å²) in [5.74, 6) is 0.107. The van der Waals surface area contributed by atoms with Crippen molar-refractivity contribution in [3.8, 4) is 0 Å². The molecule has 1 saturated heterocycles. The molecular weight excluding hydrogens is 475 g/mol. The number of fused-ring (bicyclic) bond motifs is 1. The lowest BCUT2D eigenvalue weighted by molar-refractivity contribution is -0.0481. The van der Waals surface area contributed by atoms with Gasteiger partial charge in [-0.05, 0) is 0 Å². The van der Waals surface area contributed by atoms with Crippen LogP contribution in [0.3, 0.4) is 0 Å². The molecule has 30 heavy (non-hydrogen) atoms. The fraction of sp³-hybridized carbons (Fsp3) is 0.500. The fourth-order valence-corrected chi connectivity index (χ4v) is 5.67. The van der Waals surface area contributed by atoms with Gasteiger partial charge >= 0.3 is 23.5 Å². The summed E-state index contributed by atoms with van der Waals surface area (Å²) in [4.78, 5) is 47.4. The predicted molar refractivity (Wildman–Crippen MR) is 94.1 cm³/mol. The highest BCUT2D eigenvalue weighted by molar-refractivity contribution is 7.66. The summed E-state index contributed by atoms with van der Waals surface area (Å²) in [5, 5.41) is 10.2. The number of phosphoric ester groups is 1. The van der Waals surface area contributed by atoms with E-state index in [2.05, 4.69) is 28.1 Å². The minimum absolute atomic E-state index is 0.0827. The molecule has 5 atom stereocenters. The average molecular weight is 491 g/mol. The molecule has 0 bridgehead atoms. The topological polar surface area (TPSA) is 259 Å². The number of aliphatic hydroxyl groups is 1. The van der Waals surface area contributed by atoms with E-state index in [1.807, 2.05) is 0 Å². The lowest BCUT2D eigenvalue weighted by Gasteiger charge is -2.18. The van der Waals surface area contributed by atoms with Crippen LogP contribution in [-0.2, 0) is 31.6 Å². The number of aliphatic hydroxyl groups excluding tert-OH is 1. The lowest BCUT2D eigenvalue weighted by Crippen LogP contribution is -2.19. The largest absolute Gasteiger partial charge is 0.490 e. The van der Waals surface area contributed by atoms with Crippen LogP contribution in [0.2, 0.25) is 0 Å². The minimum atomic E-state index is -5.62. The Labute approximate surface area is 166 Å². The average Bonchev–Trinajstić information content (AvgIpc) is 3.13. The van der Waals surface area contributed by atoms with Gasteiger partial charge in [-0.25, -0.2) is 28.6 Å². The predicted octanol–water partition coefficient (Wildman–Crippen LogP) is -0.600. The molecule has 0 aromatic carbocycles. The van der Waals surface area contributed by atoms with Gasteiger partial charge in [0.05, 0.1) is 19.0 Å². The van der Waals surface area contributed by atoms with Gasteiger partial charge in [-0.3, -0.25) is 9.09 Å². The Bertz CT molecular complexity index is 1070. The monoisotopic (exact) mass is 491 g/mol. The van der Waals surface area contributed by atoms with E-state index in [4.69, 9.17) is 25.2 Å². The van der Waals surface area contributed by atoms with Crippen molar-refractivity contribution in [1.29, 1.82) is 0 Å². The van der Waals surface area contributed by atoms with Gasteiger partial charge in [-0.2, -0.15) is 8.62 Å². The van der Waals surface area contributed by atoms with Crippen LogP contribution >= 0.6 is 23.5 Å². The SMILES string of the molecule is Nc1ncnc2c1ncn2[C@@H]1O[C@H](COP(=O)(O)OP(=O)(O)OP(=O)(O)O)C[C@H]1O. The standard InChI is InChI=1S/C10H16N5O12P3/c11-8-7-9(13-3-12-8)15(4-14-7)10-6(16)1-5(25-10)2-24-29(20,21)27-30(22,23)26-28(17,18)19/h3-6,10,16H,1-2H2,(H,20,21)(H,22,23)(H2,11,12,13)(H2,17,18,19)/t5-,6+,10+/m0/s1. The Balaban J connectivity index is 1.63. The van der Waals surface area contributed by atoms with Gasteiger partial charge in [0.2, 0.25) is 0 Å². The maximum absolute atomic E-state index is 11.8. The molecule has 1 fully saturated rings. The van der Waals surface area contributed by atoms with E-state index in [1.54, 1.807) is 0 Å². The Morgan fingerprint density at radius 2 is 1.83 bits per heavy atom. The van der Waals surface area contributed by atoms with Crippen molar-refractivity contribution in [2.75, 3.05) is 12.3 Å². The van der Waals surface area contributed by atoms with Gasteiger partial charge in [0, 0.05) is 6.42 Å². The highest BCUT2D eigenvalue weighted by atomic mass is 31.3. The van der Waals surface area contributed by atoms with Gasteiger partial charge in [-0.15, -0.1) is 0 Å². The number of nitrogens with zero attached hydrogens (tertiary/aromatic N) is 4. The molecule has 1 aliphatic heterocycles. The highest BCUT2D eigenvalue weighted by Gasteiger charge is 2.42. The van der Waals surface area contributed by atoms with Crippen molar-refractivity contribution in [2.45, 2.75) is 24.9 Å². The van der Waals surface area contributed by atoms with E-state index in [1.165, 1.54) is 17.2 Å². The number of rotatable bonds is 8. The summed E-state index contributed by atoms with van der Waals surface area (Å²) >= 11 is 0. The first-order chi connectivity index (χ1) is 13.8. The smallest absolute Gasteiger partial charge is 0.388 e. The third-order valence-electron chi connectivity index (χ3n) is 3.67. The van der Waals surface area contributed by atoms with E-state index < -0.39 is 48.5 Å². The molecule has 7 N–H and O–H groups in total. The molecule has 168 valence electrons. The van der Waals surface area contributed by atoms with Crippen LogP contribution in [0.15, 0.2) is 12.7 Å². The van der Waals surface area contributed by atoms with Crippen LogP contribution < -0.4 is 5.73 Å². The third-order valence-corrected chi connectivity index (χ3v) is 7.47. The molecule has 3 rings (SSSR count). The molecule has 0 saturated carbocycles. The number of aromatic nitrogens is 4. The number of hydrogen-bond acceptors (Lipinski definition) is 12. The maximum atomic E-state index is 11.8. The van der Waals surface area contributed by atoms with Crippen LogP contribution in [0.25, 0.3) is 11.2 Å². The molecule has 17 nitrogen and oxygen atoms in total. The van der Waals surface area contributed by atoms with Crippen LogP contribution in [0.1, 0.15) is 12.6 Å². The summed E-state index contributed by atoms with van der Waals surface area (Å²) in [6.45, 7) is -0.693. The molecule has 20 heteroatoms. The maximum Gasteiger partial charge on any atom is 0.490 e. The number of nitrogen functional groups attached to an aromatic ring is 1. The van der Waals surface area contributed by atoms with Gasteiger partial charge in [0.1, 0.15) is 17.9 Å². The van der Waals surface area contributed by atoms with Crippen molar-refractivity contribution in [2.24, 2.45) is 0 Å². The van der Waals surface area contributed by atoms with Crippen LogP contribution in [-0.4, -0.2) is 63.0 Å². The number of anilines is 1. The zero-order valence-corrected chi connectivity index (χ0v) is 17.3. The molecule has 0 spiro atoms. The molecule has 0 amide bonds. The number of imidazole rings is 1. The van der Waals surface area contributed by atoms with Crippen molar-refractivity contribution in [3.63, 3.8) is 0 Å². The zero-order chi connectivity index (χ0) is 22.3. The first kappa shape index (κ1) is 23.3. The van der Waals surface area contributed by atoms with Crippen molar-refractivity contribution >= 4 is 40.4 Å². The van der Waals surface area contributed by atoms with Crippen molar-refractivity contribution < 1.29 is 56.3 Å². The van der Waals surface area contributed by atoms with Gasteiger partial charge in [-0.1, -0.05) is 0 Å². The molecular formula is C10H16N5O12P3. The Kier molecular flexibility index (Phi) is 6.47. The minimum Gasteiger partial charge on any atom is -0.388 e. The first-order valence-electron chi connectivity index (χ1n) is 7.81. The van der Waals surface area contributed by atoms with Gasteiger partial charge in [0.15, 0.2) is 17.7 Å². The van der Waals surface area contributed by atoms with Gasteiger partial charge in [0.25, 0.3) is 0 Å². The fourth-order valence-electron chi connectivity index (χ4n) is 2.62. The van der Waals surface area contributed by atoms with Crippen molar-refractivity contribution in [3.05, 3.63) is 12.7 Å². The van der Waals surface area contributed by atoms with Crippen LogP contribution in [0.4, 0.5) is 5.82 Å². The summed E-state index contributed by atoms with van der Waals surface area (Å²) in [5.41, 5.74) is 6.22. The summed E-state index contributed by atoms with van der Waals surface area (Å²) in [6, 6.07) is 0. The summed E-state index contributed by atoms with van der Waals surface area (Å²) < 4.78 is 52.3. The molecule has 2 unspecified atom stereocenters. The van der Waals surface area contributed by atoms with E-state index in [9.17, 15) is 23.7 Å². The van der Waals surface area contributed by atoms with E-state index >= 15 is 0 Å². The van der Waals surface area contributed by atoms with E-state index in [-0.39, 0.29) is 23.4 Å². The number of hydrogen-bond donors (Lipinski definition) is 6. The first-order valence-corrected chi connectivity index (χ1v) is 12.3. The molecule has 0 radical (unpaired) electrons. The van der Waals surface area contributed by atoms with Crippen LogP contribution in [0.5, 0.6) is 0 Å². The Morgan fingerprint density at radius 1 is 1.13 bits per heavy atom. The number of ether oxygens (including phenoxy) is 1. The molecule has 2 aromatic rings. The quantitative estimate of drug-likeness (QED) is 0.252. The molecule has 1 aliphatic rings. The second-order valence-corrected chi connectivity index (χ2v) is 10.3. The zero-order valence-electron chi connectivity index (χ0n) is 14.6. The number of nitrogens with two attached hydrogens (primary N) is 1. The van der Waals surface area contributed by atoms with E-state index in [0.717, 1.165) is 0 Å². The Morgan fingerprint density at radius 3 is 2.50 bits per heavy atom. The highest BCUT2D eigenvalue weighted by Crippen LogP contribution is 2.66. The Hall–Kier alpha value is -1.32. The second kappa shape index (κ2) is 8.31. The van der Waals surface area contributed by atoms with E-state index in [0.29, 0.717) is 0 Å². The summed E-state index contributed by atoms with van der Waals surface area (Å²) in [6.07, 6.45) is -0.711. The number of phosphoric acid groups is 3. The molecule has 0 aliphatic carbocycles. The van der Waals surface area contributed by atoms with Crippen LogP contribution in [0, 0.1) is 0 Å². The van der Waals surface area contributed by atoms with Gasteiger partial charge < -0.3 is 35.2 Å². The molecule has 2 aromatic heterocycles. The second-order valence-electron chi connectivity index (χ2n) is 5.92. The lowest BCUT2D eigenvalue weighted by atomic mass is 10.2.